The van der Waals surface area contributed by atoms with Gasteiger partial charge in [-0.1, -0.05) is 53.5 Å². The minimum Gasteiger partial charge on any atom is -0.322 e. The number of nitrogens with one attached hydrogen (secondary N) is 1. The third kappa shape index (κ3) is 4.51. The highest BCUT2D eigenvalue weighted by atomic mass is 35.5. The van der Waals surface area contributed by atoms with Gasteiger partial charge in [0.2, 0.25) is 0 Å². The van der Waals surface area contributed by atoms with Crippen LogP contribution < -0.4 is 10.6 Å². The van der Waals surface area contributed by atoms with Crippen molar-refractivity contribution >= 4 is 34.8 Å². The Morgan fingerprint density at radius 1 is 1.18 bits per heavy atom. The van der Waals surface area contributed by atoms with Crippen LogP contribution >= 0.6 is 23.2 Å². The van der Waals surface area contributed by atoms with Gasteiger partial charge in [-0.05, 0) is 24.1 Å². The molecule has 3 N–H and O–H groups in total. The highest BCUT2D eigenvalue weighted by Gasteiger charge is 2.23. The smallest absolute Gasteiger partial charge is 0.287 e. The summed E-state index contributed by atoms with van der Waals surface area (Å²) in [6.45, 7) is 0.406. The average molecular weight is 334 g/mol. The number of halogens is 2. The molecule has 2 aromatic carbocycles. The zero-order valence-electron chi connectivity index (χ0n) is 11.7. The minimum atomic E-state index is -0.435. The first-order valence-electron chi connectivity index (χ1n) is 6.69. The van der Waals surface area contributed by atoms with Gasteiger partial charge in [0.05, 0.1) is 0 Å². The summed E-state index contributed by atoms with van der Waals surface area (Å²) in [7, 11) is 0. The summed E-state index contributed by atoms with van der Waals surface area (Å²) in [6.07, 6.45) is 5.30. The molecule has 0 saturated heterocycles. The van der Waals surface area contributed by atoms with Crippen LogP contribution in [0.3, 0.4) is 0 Å². The molecule has 112 valence electrons. The molecule has 22 heavy (non-hydrogen) atoms. The number of rotatable bonds is 5. The molecule has 0 fully saturated rings. The molecule has 0 aliphatic rings. The molecule has 2 rings (SSSR count). The van der Waals surface area contributed by atoms with Gasteiger partial charge in [0, 0.05) is 21.3 Å². The van der Waals surface area contributed by atoms with Crippen molar-refractivity contribution in [3.05, 3.63) is 64.1 Å². The van der Waals surface area contributed by atoms with E-state index in [4.69, 9.17) is 29.6 Å². The normalized spacial score (nSPS) is 11.5. The van der Waals surface area contributed by atoms with Crippen LogP contribution in [0, 0.1) is 12.3 Å². The van der Waals surface area contributed by atoms with E-state index in [9.17, 15) is 4.79 Å². The summed E-state index contributed by atoms with van der Waals surface area (Å²) >= 11 is 11.9. The fourth-order valence-electron chi connectivity index (χ4n) is 2.09. The Morgan fingerprint density at radius 2 is 1.82 bits per heavy atom. The summed E-state index contributed by atoms with van der Waals surface area (Å²) < 4.78 is 0. The standard InChI is InChI=1S/C17H14Cl2N2O/c1-2-8-20-16(12-6-4-3-5-7-12)17(22)21-15-10-13(18)9-14(19)11-15/h1,3-7,9-11,16,20H,8H2,(H,21,22)/p+1/t16-/m1/s1. The van der Waals surface area contributed by atoms with Crippen LogP contribution in [0.15, 0.2) is 48.5 Å². The second kappa shape index (κ2) is 7.86. The summed E-state index contributed by atoms with van der Waals surface area (Å²) in [5.41, 5.74) is 1.43. The topological polar surface area (TPSA) is 45.7 Å². The summed E-state index contributed by atoms with van der Waals surface area (Å²) in [5, 5.41) is 5.55. The van der Waals surface area contributed by atoms with Crippen molar-refractivity contribution in [1.82, 2.24) is 0 Å². The van der Waals surface area contributed by atoms with Crippen LogP contribution in [-0.4, -0.2) is 12.5 Å². The fourth-order valence-corrected chi connectivity index (χ4v) is 2.61. The van der Waals surface area contributed by atoms with Gasteiger partial charge in [0.1, 0.15) is 6.54 Å². The molecule has 1 atom stereocenters. The second-order valence-corrected chi connectivity index (χ2v) is 5.55. The maximum absolute atomic E-state index is 12.5. The van der Waals surface area contributed by atoms with Gasteiger partial charge < -0.3 is 10.6 Å². The van der Waals surface area contributed by atoms with Crippen LogP contribution in [0.5, 0.6) is 0 Å². The number of hydrogen-bond donors (Lipinski definition) is 2. The van der Waals surface area contributed by atoms with Crippen molar-refractivity contribution in [1.29, 1.82) is 0 Å². The van der Waals surface area contributed by atoms with E-state index in [-0.39, 0.29) is 5.91 Å². The first-order valence-corrected chi connectivity index (χ1v) is 7.44. The first-order chi connectivity index (χ1) is 10.6. The molecule has 0 spiro atoms. The summed E-state index contributed by atoms with van der Waals surface area (Å²) in [4.78, 5) is 12.5. The Kier molecular flexibility index (Phi) is 5.85. The quantitative estimate of drug-likeness (QED) is 0.812. The molecule has 5 heteroatoms. The Morgan fingerprint density at radius 3 is 2.41 bits per heavy atom. The molecule has 1 amide bonds. The van der Waals surface area contributed by atoms with E-state index >= 15 is 0 Å². The van der Waals surface area contributed by atoms with Crippen molar-refractivity contribution in [2.24, 2.45) is 0 Å². The number of nitrogens with two attached hydrogens (primary N) is 1. The lowest BCUT2D eigenvalue weighted by Gasteiger charge is -2.15. The van der Waals surface area contributed by atoms with Crippen molar-refractivity contribution in [3.8, 4) is 12.3 Å². The lowest BCUT2D eigenvalue weighted by molar-refractivity contribution is -0.672. The SMILES string of the molecule is C#CC[NH2+][C@@H](C(=O)Nc1cc(Cl)cc(Cl)c1)c1ccccc1. The number of terminal acetylenes is 1. The second-order valence-electron chi connectivity index (χ2n) is 4.68. The van der Waals surface area contributed by atoms with Crippen LogP contribution in [-0.2, 0) is 4.79 Å². The summed E-state index contributed by atoms with van der Waals surface area (Å²) in [6, 6.07) is 13.9. The van der Waals surface area contributed by atoms with E-state index in [1.54, 1.807) is 23.5 Å². The molecular weight excluding hydrogens is 319 g/mol. The first kappa shape index (κ1) is 16.4. The molecule has 0 aliphatic heterocycles. The zero-order valence-corrected chi connectivity index (χ0v) is 13.2. The van der Waals surface area contributed by atoms with Gasteiger partial charge in [-0.25, -0.2) is 0 Å². The zero-order chi connectivity index (χ0) is 15.9. The van der Waals surface area contributed by atoms with Crippen LogP contribution in [0.4, 0.5) is 5.69 Å². The highest BCUT2D eigenvalue weighted by Crippen LogP contribution is 2.23. The third-order valence-corrected chi connectivity index (χ3v) is 3.48. The molecule has 0 saturated carbocycles. The molecule has 3 nitrogen and oxygen atoms in total. The average Bonchev–Trinajstić information content (AvgIpc) is 2.47. The number of carbonyl (C=O) groups is 1. The lowest BCUT2D eigenvalue weighted by Crippen LogP contribution is -2.87. The number of anilines is 1. The molecular formula is C17H15Cl2N2O+. The third-order valence-electron chi connectivity index (χ3n) is 3.04. The van der Waals surface area contributed by atoms with Gasteiger partial charge in [0.15, 0.2) is 6.04 Å². The van der Waals surface area contributed by atoms with Crippen LogP contribution in [0.25, 0.3) is 0 Å². The molecule has 0 aromatic heterocycles. The van der Waals surface area contributed by atoms with E-state index in [1.807, 2.05) is 30.3 Å². The Balaban J connectivity index is 2.20. The molecule has 2 aromatic rings. The van der Waals surface area contributed by atoms with E-state index in [0.29, 0.717) is 22.3 Å². The summed E-state index contributed by atoms with van der Waals surface area (Å²) in [5.74, 6) is 2.35. The molecule has 0 unspecified atom stereocenters. The molecule has 0 heterocycles. The fraction of sp³-hybridized carbons (Fsp3) is 0.118. The molecule has 0 bridgehead atoms. The van der Waals surface area contributed by atoms with Gasteiger partial charge in [0.25, 0.3) is 5.91 Å². The monoisotopic (exact) mass is 333 g/mol. The number of carbonyl (C=O) groups excluding carboxylic acids is 1. The lowest BCUT2D eigenvalue weighted by atomic mass is 10.1. The van der Waals surface area contributed by atoms with E-state index < -0.39 is 6.04 Å². The predicted octanol–water partition coefficient (Wildman–Crippen LogP) is 2.87. The predicted molar refractivity (Wildman–Crippen MR) is 89.9 cm³/mol. The Labute approximate surface area is 139 Å². The minimum absolute atomic E-state index is 0.181. The number of amides is 1. The van der Waals surface area contributed by atoms with E-state index in [0.717, 1.165) is 5.56 Å². The molecule has 0 radical (unpaired) electrons. The van der Waals surface area contributed by atoms with Gasteiger partial charge >= 0.3 is 0 Å². The van der Waals surface area contributed by atoms with Gasteiger partial charge in [-0.3, -0.25) is 4.79 Å². The van der Waals surface area contributed by atoms with Crippen molar-refractivity contribution in [2.75, 3.05) is 11.9 Å². The Bertz CT molecular complexity index is 675. The van der Waals surface area contributed by atoms with Crippen molar-refractivity contribution in [2.45, 2.75) is 6.04 Å². The van der Waals surface area contributed by atoms with Gasteiger partial charge in [-0.15, -0.1) is 6.42 Å². The van der Waals surface area contributed by atoms with Crippen LogP contribution in [0.2, 0.25) is 10.0 Å². The maximum atomic E-state index is 12.5. The number of benzene rings is 2. The largest absolute Gasteiger partial charge is 0.322 e. The maximum Gasteiger partial charge on any atom is 0.287 e. The molecule has 0 aliphatic carbocycles. The Hall–Kier alpha value is -1.99. The van der Waals surface area contributed by atoms with Gasteiger partial charge in [-0.2, -0.15) is 0 Å². The number of quaternary nitrogens is 1. The highest BCUT2D eigenvalue weighted by molar-refractivity contribution is 6.35. The van der Waals surface area contributed by atoms with E-state index in [2.05, 4.69) is 11.2 Å². The van der Waals surface area contributed by atoms with E-state index in [1.165, 1.54) is 0 Å². The van der Waals surface area contributed by atoms with Crippen molar-refractivity contribution in [3.63, 3.8) is 0 Å². The van der Waals surface area contributed by atoms with Crippen LogP contribution in [0.1, 0.15) is 11.6 Å². The number of hydrogen-bond acceptors (Lipinski definition) is 1. The van der Waals surface area contributed by atoms with Crippen molar-refractivity contribution < 1.29 is 10.1 Å².